The van der Waals surface area contributed by atoms with Gasteiger partial charge in [0.25, 0.3) is 0 Å². The second-order valence-electron chi connectivity index (χ2n) is 8.33. The van der Waals surface area contributed by atoms with Gasteiger partial charge in [-0.15, -0.1) is 0 Å². The molecule has 1 aromatic heterocycles. The summed E-state index contributed by atoms with van der Waals surface area (Å²) in [5.41, 5.74) is 2.28. The van der Waals surface area contributed by atoms with Crippen molar-refractivity contribution in [1.82, 2.24) is 9.88 Å². The fourth-order valence-electron chi connectivity index (χ4n) is 4.35. The first kappa shape index (κ1) is 19.4. The highest BCUT2D eigenvalue weighted by molar-refractivity contribution is 6.34. The Bertz CT molecular complexity index is 1050. The maximum Gasteiger partial charge on any atom is 0.225 e. The number of carbonyl (C=O) groups is 1. The van der Waals surface area contributed by atoms with Gasteiger partial charge in [-0.05, 0) is 53.6 Å². The second kappa shape index (κ2) is 8.27. The highest BCUT2D eigenvalue weighted by atomic mass is 35.5. The molecule has 4 nitrogen and oxygen atoms in total. The lowest BCUT2D eigenvalue weighted by Gasteiger charge is -2.36. The van der Waals surface area contributed by atoms with Crippen LogP contribution in [0.15, 0.2) is 54.7 Å². The summed E-state index contributed by atoms with van der Waals surface area (Å²) < 4.78 is 6.20. The molecule has 2 heterocycles. The Morgan fingerprint density at radius 1 is 0.967 bits per heavy atom. The number of fused-ring (bicyclic) bond motifs is 1. The fourth-order valence-corrected chi connectivity index (χ4v) is 4.57. The third-order valence-electron chi connectivity index (χ3n) is 6.41. The average molecular weight is 421 g/mol. The molecule has 1 aliphatic heterocycles. The van der Waals surface area contributed by atoms with Gasteiger partial charge in [0.1, 0.15) is 17.0 Å². The van der Waals surface area contributed by atoms with Crippen molar-refractivity contribution in [2.24, 2.45) is 5.92 Å². The minimum atomic E-state index is 0.177. The van der Waals surface area contributed by atoms with Gasteiger partial charge in [-0.25, -0.2) is 4.98 Å². The summed E-state index contributed by atoms with van der Waals surface area (Å²) in [4.78, 5) is 18.6. The van der Waals surface area contributed by atoms with Crippen LogP contribution in [-0.2, 0) is 4.79 Å². The van der Waals surface area contributed by atoms with Crippen molar-refractivity contribution < 1.29 is 9.53 Å². The molecule has 2 fully saturated rings. The summed E-state index contributed by atoms with van der Waals surface area (Å²) in [7, 11) is 0. The zero-order chi connectivity index (χ0) is 20.5. The van der Waals surface area contributed by atoms with Crippen molar-refractivity contribution in [3.05, 3.63) is 59.9 Å². The maximum atomic E-state index is 12.4. The van der Waals surface area contributed by atoms with Crippen LogP contribution in [0.2, 0.25) is 5.15 Å². The molecule has 0 radical (unpaired) electrons. The van der Waals surface area contributed by atoms with E-state index in [1.165, 1.54) is 6.42 Å². The molecule has 2 aromatic carbocycles. The van der Waals surface area contributed by atoms with Crippen molar-refractivity contribution in [3.63, 3.8) is 0 Å². The standard InChI is InChI=1S/C25H25ClN2O2/c26-24-23-9-6-19(16-20(23)10-13-27-24)17-4-7-21(8-5-17)30-22-11-14-28(15-12-22)25(29)18-2-1-3-18/h4-10,13,16,18,22H,1-3,11-12,14-15H2. The zero-order valence-corrected chi connectivity index (χ0v) is 17.6. The van der Waals surface area contributed by atoms with Gasteiger partial charge in [-0.3, -0.25) is 4.79 Å². The number of nitrogens with zero attached hydrogens (tertiary/aromatic N) is 2. The molecule has 1 saturated heterocycles. The Morgan fingerprint density at radius 3 is 2.40 bits per heavy atom. The quantitative estimate of drug-likeness (QED) is 0.506. The SMILES string of the molecule is O=C(C1CCC1)N1CCC(Oc2ccc(-c3ccc4c(Cl)nccc4c3)cc2)CC1. The number of aromatic nitrogens is 1. The maximum absolute atomic E-state index is 12.4. The predicted molar refractivity (Wildman–Crippen MR) is 120 cm³/mol. The van der Waals surface area contributed by atoms with Crippen molar-refractivity contribution in [2.75, 3.05) is 13.1 Å². The number of hydrogen-bond acceptors (Lipinski definition) is 3. The summed E-state index contributed by atoms with van der Waals surface area (Å²) in [6, 6.07) is 16.4. The number of hydrogen-bond donors (Lipinski definition) is 0. The van der Waals surface area contributed by atoms with E-state index >= 15 is 0 Å². The highest BCUT2D eigenvalue weighted by Crippen LogP contribution is 2.31. The smallest absolute Gasteiger partial charge is 0.225 e. The normalized spacial score (nSPS) is 17.7. The van der Waals surface area contributed by atoms with E-state index in [0.717, 1.165) is 66.4 Å². The highest BCUT2D eigenvalue weighted by Gasteiger charge is 2.32. The molecule has 0 bridgehead atoms. The van der Waals surface area contributed by atoms with E-state index in [4.69, 9.17) is 16.3 Å². The number of amides is 1. The summed E-state index contributed by atoms with van der Waals surface area (Å²) in [5, 5.41) is 2.57. The van der Waals surface area contributed by atoms with Crippen LogP contribution in [-0.4, -0.2) is 35.0 Å². The van der Waals surface area contributed by atoms with Crippen molar-refractivity contribution >= 4 is 28.3 Å². The minimum Gasteiger partial charge on any atom is -0.490 e. The fraction of sp³-hybridized carbons (Fsp3) is 0.360. The molecule has 5 heteroatoms. The molecule has 0 N–H and O–H groups in total. The van der Waals surface area contributed by atoms with Gasteiger partial charge in [0.15, 0.2) is 0 Å². The number of piperidine rings is 1. The Hall–Kier alpha value is -2.59. The molecule has 3 aromatic rings. The third-order valence-corrected chi connectivity index (χ3v) is 6.72. The molecule has 0 spiro atoms. The minimum absolute atomic E-state index is 0.177. The number of ether oxygens (including phenoxy) is 1. The monoisotopic (exact) mass is 420 g/mol. The van der Waals surface area contributed by atoms with E-state index in [0.29, 0.717) is 11.1 Å². The molecular formula is C25H25ClN2O2. The largest absolute Gasteiger partial charge is 0.490 e. The van der Waals surface area contributed by atoms with Gasteiger partial charge in [0.2, 0.25) is 5.91 Å². The summed E-state index contributed by atoms with van der Waals surface area (Å²) >= 11 is 6.17. The van der Waals surface area contributed by atoms with Gasteiger partial charge in [-0.2, -0.15) is 0 Å². The van der Waals surface area contributed by atoms with Crippen LogP contribution in [0.3, 0.4) is 0 Å². The zero-order valence-electron chi connectivity index (χ0n) is 16.9. The van der Waals surface area contributed by atoms with Gasteiger partial charge in [0, 0.05) is 43.4 Å². The number of carbonyl (C=O) groups excluding carboxylic acids is 1. The van der Waals surface area contributed by atoms with Crippen LogP contribution in [0.4, 0.5) is 0 Å². The van der Waals surface area contributed by atoms with Gasteiger partial charge < -0.3 is 9.64 Å². The number of likely N-dealkylation sites (tertiary alicyclic amines) is 1. The van der Waals surface area contributed by atoms with E-state index in [1.807, 2.05) is 29.2 Å². The lowest BCUT2D eigenvalue weighted by molar-refractivity contribution is -0.140. The van der Waals surface area contributed by atoms with E-state index in [2.05, 4.69) is 29.2 Å². The van der Waals surface area contributed by atoms with Crippen LogP contribution >= 0.6 is 11.6 Å². The van der Waals surface area contributed by atoms with Crippen molar-refractivity contribution in [2.45, 2.75) is 38.2 Å². The van der Waals surface area contributed by atoms with Crippen LogP contribution < -0.4 is 4.74 Å². The van der Waals surface area contributed by atoms with E-state index < -0.39 is 0 Å². The predicted octanol–water partition coefficient (Wildman–Crippen LogP) is 5.73. The number of pyridine rings is 1. The van der Waals surface area contributed by atoms with Crippen molar-refractivity contribution in [3.8, 4) is 16.9 Å². The van der Waals surface area contributed by atoms with Crippen LogP contribution in [0.1, 0.15) is 32.1 Å². The Kier molecular flexibility index (Phi) is 5.34. The number of halogens is 1. The molecule has 0 atom stereocenters. The van der Waals surface area contributed by atoms with E-state index in [1.54, 1.807) is 6.20 Å². The molecular weight excluding hydrogens is 396 g/mol. The lowest BCUT2D eigenvalue weighted by Crippen LogP contribution is -2.45. The molecule has 1 aliphatic carbocycles. The summed E-state index contributed by atoms with van der Waals surface area (Å²) in [5.74, 6) is 1.53. The van der Waals surface area contributed by atoms with Gasteiger partial charge in [0.05, 0.1) is 0 Å². The number of benzene rings is 2. The van der Waals surface area contributed by atoms with E-state index in [-0.39, 0.29) is 12.0 Å². The van der Waals surface area contributed by atoms with Crippen LogP contribution in [0.25, 0.3) is 21.9 Å². The molecule has 2 aliphatic rings. The third kappa shape index (κ3) is 3.89. The Balaban J connectivity index is 1.21. The molecule has 154 valence electrons. The van der Waals surface area contributed by atoms with Gasteiger partial charge >= 0.3 is 0 Å². The molecule has 1 saturated carbocycles. The second-order valence-corrected chi connectivity index (χ2v) is 8.69. The summed E-state index contributed by atoms with van der Waals surface area (Å²) in [6.45, 7) is 1.62. The summed E-state index contributed by atoms with van der Waals surface area (Å²) in [6.07, 6.45) is 7.06. The number of rotatable bonds is 4. The first-order valence-corrected chi connectivity index (χ1v) is 11.2. The topological polar surface area (TPSA) is 42.4 Å². The van der Waals surface area contributed by atoms with Gasteiger partial charge in [-0.1, -0.05) is 42.3 Å². The molecule has 30 heavy (non-hydrogen) atoms. The van der Waals surface area contributed by atoms with E-state index in [9.17, 15) is 4.79 Å². The molecule has 0 unspecified atom stereocenters. The average Bonchev–Trinajstić information content (AvgIpc) is 2.73. The lowest BCUT2D eigenvalue weighted by atomic mass is 9.84. The first-order valence-electron chi connectivity index (χ1n) is 10.8. The van der Waals surface area contributed by atoms with Crippen LogP contribution in [0.5, 0.6) is 5.75 Å². The van der Waals surface area contributed by atoms with Crippen molar-refractivity contribution in [1.29, 1.82) is 0 Å². The molecule has 5 rings (SSSR count). The van der Waals surface area contributed by atoms with Crippen LogP contribution in [0, 0.1) is 5.92 Å². The first-order chi connectivity index (χ1) is 14.7. The Labute approximate surface area is 181 Å². The molecule has 1 amide bonds. The Morgan fingerprint density at radius 2 is 1.70 bits per heavy atom.